The zero-order chi connectivity index (χ0) is 14.4. The maximum absolute atomic E-state index is 10.7. The summed E-state index contributed by atoms with van der Waals surface area (Å²) in [6.07, 6.45) is 1.58. The van der Waals surface area contributed by atoms with Crippen molar-refractivity contribution in [3.63, 3.8) is 0 Å². The lowest BCUT2D eigenvalue weighted by Crippen LogP contribution is -1.90. The summed E-state index contributed by atoms with van der Waals surface area (Å²) in [5, 5.41) is 12.6. The van der Waals surface area contributed by atoms with Crippen LogP contribution in [0.1, 0.15) is 20.1 Å². The van der Waals surface area contributed by atoms with E-state index in [4.69, 9.17) is 14.7 Å². The number of nitrogens with zero attached hydrogens (tertiary/aromatic N) is 1. The van der Waals surface area contributed by atoms with E-state index in [2.05, 4.69) is 5.16 Å². The van der Waals surface area contributed by atoms with Crippen LogP contribution in [0.25, 0.3) is 0 Å². The molecule has 104 valence electrons. The molecule has 0 aliphatic heterocycles. The summed E-state index contributed by atoms with van der Waals surface area (Å²) in [6.45, 7) is 0.248. The van der Waals surface area contributed by atoms with Crippen molar-refractivity contribution in [1.29, 1.82) is 0 Å². The fraction of sp³-hybridized carbons (Fsp3) is 0.143. The van der Waals surface area contributed by atoms with Crippen LogP contribution in [0, 0.1) is 0 Å². The van der Waals surface area contributed by atoms with Crippen molar-refractivity contribution >= 4 is 23.5 Å². The first-order valence-corrected chi connectivity index (χ1v) is 6.62. The minimum atomic E-state index is -0.930. The number of oxime groups is 1. The summed E-state index contributed by atoms with van der Waals surface area (Å²) in [4.78, 5) is 17.0. The minimum absolute atomic E-state index is 0.248. The molecule has 0 aliphatic carbocycles. The first-order chi connectivity index (χ1) is 9.69. The van der Waals surface area contributed by atoms with Gasteiger partial charge in [-0.2, -0.15) is 0 Å². The van der Waals surface area contributed by atoms with Gasteiger partial charge in [0.2, 0.25) is 0 Å². The van der Waals surface area contributed by atoms with Crippen molar-refractivity contribution < 1.29 is 19.5 Å². The monoisotopic (exact) mass is 291 g/mol. The molecule has 0 amide bonds. The summed E-state index contributed by atoms with van der Waals surface area (Å²) < 4.78 is 5.10. The van der Waals surface area contributed by atoms with Gasteiger partial charge < -0.3 is 14.7 Å². The quantitative estimate of drug-likeness (QED) is 0.656. The summed E-state index contributed by atoms with van der Waals surface area (Å²) in [5.41, 5.74) is 0.863. The predicted molar refractivity (Wildman–Crippen MR) is 76.7 cm³/mol. The SMILES string of the molecule is COc1cccc(C=NOCc2ccc(C(=O)O)s2)c1. The number of rotatable bonds is 6. The van der Waals surface area contributed by atoms with Gasteiger partial charge in [-0.1, -0.05) is 17.3 Å². The van der Waals surface area contributed by atoms with E-state index in [9.17, 15) is 4.79 Å². The molecule has 1 N–H and O–H groups in total. The molecule has 0 spiro atoms. The van der Waals surface area contributed by atoms with Crippen LogP contribution >= 0.6 is 11.3 Å². The van der Waals surface area contributed by atoms with Crippen molar-refractivity contribution in [2.45, 2.75) is 6.61 Å². The van der Waals surface area contributed by atoms with Gasteiger partial charge >= 0.3 is 5.97 Å². The Balaban J connectivity index is 1.88. The van der Waals surface area contributed by atoms with Crippen molar-refractivity contribution in [2.24, 2.45) is 5.16 Å². The third kappa shape index (κ3) is 3.83. The average molecular weight is 291 g/mol. The van der Waals surface area contributed by atoms with Crippen LogP contribution in [0.4, 0.5) is 0 Å². The Kier molecular flexibility index (Phi) is 4.73. The molecule has 0 unspecified atom stereocenters. The van der Waals surface area contributed by atoms with Gasteiger partial charge in [0.15, 0.2) is 6.61 Å². The number of carboxylic acids is 1. The number of carbonyl (C=O) groups is 1. The Labute approximate surface area is 120 Å². The second-order valence-electron chi connectivity index (χ2n) is 3.86. The summed E-state index contributed by atoms with van der Waals surface area (Å²) in [6, 6.07) is 10.7. The van der Waals surface area contributed by atoms with Gasteiger partial charge in [-0.05, 0) is 29.8 Å². The van der Waals surface area contributed by atoms with E-state index in [1.54, 1.807) is 25.5 Å². The van der Waals surface area contributed by atoms with Gasteiger partial charge in [0.05, 0.1) is 13.3 Å². The fourth-order valence-corrected chi connectivity index (χ4v) is 2.24. The molecule has 0 bridgehead atoms. The van der Waals surface area contributed by atoms with Gasteiger partial charge in [-0.3, -0.25) is 0 Å². The van der Waals surface area contributed by atoms with E-state index in [-0.39, 0.29) is 6.61 Å². The van der Waals surface area contributed by atoms with Crippen LogP contribution in [0.2, 0.25) is 0 Å². The Hall–Kier alpha value is -2.34. The molecule has 2 rings (SSSR count). The highest BCUT2D eigenvalue weighted by atomic mass is 32.1. The van der Waals surface area contributed by atoms with E-state index in [1.807, 2.05) is 24.3 Å². The molecule has 6 heteroatoms. The molecule has 1 aromatic heterocycles. The van der Waals surface area contributed by atoms with Crippen LogP contribution in [0.15, 0.2) is 41.6 Å². The summed E-state index contributed by atoms with van der Waals surface area (Å²) in [7, 11) is 1.60. The lowest BCUT2D eigenvalue weighted by atomic mass is 10.2. The zero-order valence-corrected chi connectivity index (χ0v) is 11.6. The summed E-state index contributed by atoms with van der Waals surface area (Å²) in [5.74, 6) is -0.181. The van der Waals surface area contributed by atoms with Crippen molar-refractivity contribution in [3.8, 4) is 5.75 Å². The van der Waals surface area contributed by atoms with E-state index in [0.717, 1.165) is 16.2 Å². The predicted octanol–water partition coefficient (Wildman–Crippen LogP) is 3.01. The lowest BCUT2D eigenvalue weighted by molar-refractivity contribution is 0.0702. The lowest BCUT2D eigenvalue weighted by Gasteiger charge is -1.99. The standard InChI is InChI=1S/C14H13NO4S/c1-18-11-4-2-3-10(7-11)8-15-19-9-12-5-6-13(20-12)14(16)17/h2-8H,9H2,1H3,(H,16,17). The number of hydrogen-bond acceptors (Lipinski definition) is 5. The molecular weight excluding hydrogens is 278 g/mol. The van der Waals surface area contributed by atoms with Gasteiger partial charge in [-0.15, -0.1) is 11.3 Å². The van der Waals surface area contributed by atoms with Crippen LogP contribution in [-0.2, 0) is 11.4 Å². The molecule has 1 heterocycles. The maximum atomic E-state index is 10.7. The van der Waals surface area contributed by atoms with Crippen molar-refractivity contribution in [1.82, 2.24) is 0 Å². The number of thiophene rings is 1. The number of benzene rings is 1. The Morgan fingerprint density at radius 2 is 2.25 bits per heavy atom. The third-order valence-corrected chi connectivity index (χ3v) is 3.50. The average Bonchev–Trinajstić information content (AvgIpc) is 2.93. The highest BCUT2D eigenvalue weighted by Gasteiger charge is 2.06. The molecular formula is C14H13NO4S. The van der Waals surface area contributed by atoms with E-state index in [0.29, 0.717) is 4.88 Å². The number of carboxylic acid groups (broad SMARTS) is 1. The highest BCUT2D eigenvalue weighted by molar-refractivity contribution is 7.13. The summed E-state index contributed by atoms with van der Waals surface area (Å²) >= 11 is 1.17. The van der Waals surface area contributed by atoms with Crippen LogP contribution in [0.3, 0.4) is 0 Å². The van der Waals surface area contributed by atoms with Crippen LogP contribution < -0.4 is 4.74 Å². The molecule has 5 nitrogen and oxygen atoms in total. The second-order valence-corrected chi connectivity index (χ2v) is 5.02. The molecule has 1 aromatic carbocycles. The van der Waals surface area contributed by atoms with E-state index in [1.165, 1.54) is 11.3 Å². The van der Waals surface area contributed by atoms with Crippen LogP contribution in [-0.4, -0.2) is 24.4 Å². The highest BCUT2D eigenvalue weighted by Crippen LogP contribution is 2.17. The Bertz CT molecular complexity index is 621. The molecule has 0 saturated heterocycles. The zero-order valence-electron chi connectivity index (χ0n) is 10.8. The van der Waals surface area contributed by atoms with E-state index < -0.39 is 5.97 Å². The molecule has 0 saturated carbocycles. The maximum Gasteiger partial charge on any atom is 0.345 e. The third-order valence-electron chi connectivity index (χ3n) is 2.45. The minimum Gasteiger partial charge on any atom is -0.497 e. The molecule has 0 radical (unpaired) electrons. The Morgan fingerprint density at radius 1 is 1.40 bits per heavy atom. The van der Waals surface area contributed by atoms with E-state index >= 15 is 0 Å². The molecule has 0 atom stereocenters. The molecule has 0 fully saturated rings. The van der Waals surface area contributed by atoms with Gasteiger partial charge in [-0.25, -0.2) is 4.79 Å². The molecule has 20 heavy (non-hydrogen) atoms. The van der Waals surface area contributed by atoms with Gasteiger partial charge in [0, 0.05) is 4.88 Å². The molecule has 2 aromatic rings. The normalized spacial score (nSPS) is 10.7. The first-order valence-electron chi connectivity index (χ1n) is 5.80. The number of hydrogen-bond donors (Lipinski definition) is 1. The largest absolute Gasteiger partial charge is 0.497 e. The second kappa shape index (κ2) is 6.72. The first kappa shape index (κ1) is 14.1. The number of ether oxygens (including phenoxy) is 1. The topological polar surface area (TPSA) is 68.1 Å². The van der Waals surface area contributed by atoms with Crippen molar-refractivity contribution in [3.05, 3.63) is 51.7 Å². The van der Waals surface area contributed by atoms with Gasteiger partial charge in [0.1, 0.15) is 10.6 Å². The smallest absolute Gasteiger partial charge is 0.345 e. The van der Waals surface area contributed by atoms with Crippen molar-refractivity contribution in [2.75, 3.05) is 7.11 Å². The van der Waals surface area contributed by atoms with Crippen LogP contribution in [0.5, 0.6) is 5.75 Å². The Morgan fingerprint density at radius 3 is 2.95 bits per heavy atom. The number of aromatic carboxylic acids is 1. The molecule has 0 aliphatic rings. The van der Waals surface area contributed by atoms with Gasteiger partial charge in [0.25, 0.3) is 0 Å². The number of methoxy groups -OCH3 is 1. The fourth-order valence-electron chi connectivity index (χ4n) is 1.49.